The van der Waals surface area contributed by atoms with Gasteiger partial charge >= 0.3 is 0 Å². The van der Waals surface area contributed by atoms with E-state index in [1.165, 1.54) is 0 Å². The number of rotatable bonds is 4. The lowest BCUT2D eigenvalue weighted by molar-refractivity contribution is -0.124. The number of hydrogen-bond donors (Lipinski definition) is 1. The number of nitrogens with zero attached hydrogens (tertiary/aromatic N) is 2. The van der Waals surface area contributed by atoms with Crippen LogP contribution in [0, 0.1) is 0 Å². The normalized spacial score (nSPS) is 17.5. The van der Waals surface area contributed by atoms with Crippen LogP contribution in [0.1, 0.15) is 36.9 Å². The number of aryl methyl sites for hydroxylation is 1. The van der Waals surface area contributed by atoms with Crippen LogP contribution in [0.15, 0.2) is 42.7 Å². The molecule has 0 spiro atoms. The van der Waals surface area contributed by atoms with Gasteiger partial charge in [0.1, 0.15) is 0 Å². The van der Waals surface area contributed by atoms with Gasteiger partial charge in [-0.3, -0.25) is 9.48 Å². The molecule has 1 amide bonds. The van der Waals surface area contributed by atoms with E-state index in [-0.39, 0.29) is 17.4 Å². The molecule has 0 radical (unpaired) electrons. The maximum absolute atomic E-state index is 12.6. The van der Waals surface area contributed by atoms with Crippen molar-refractivity contribution in [2.75, 3.05) is 0 Å². The van der Waals surface area contributed by atoms with E-state index in [4.69, 9.17) is 0 Å². The predicted octanol–water partition coefficient (Wildman–Crippen LogP) is 2.33. The topological polar surface area (TPSA) is 46.9 Å². The van der Waals surface area contributed by atoms with Gasteiger partial charge in [0.05, 0.1) is 17.7 Å². The Hall–Kier alpha value is -2.10. The van der Waals surface area contributed by atoms with E-state index in [1.54, 1.807) is 10.9 Å². The highest BCUT2D eigenvalue weighted by atomic mass is 16.2. The molecule has 1 fully saturated rings. The van der Waals surface area contributed by atoms with E-state index in [0.29, 0.717) is 0 Å². The number of carbonyl (C=O) groups excluding carboxylic acids is 1. The van der Waals surface area contributed by atoms with E-state index < -0.39 is 0 Å². The smallest absolute Gasteiger partial charge is 0.231 e. The molecule has 1 atom stereocenters. The minimum absolute atomic E-state index is 0.0163. The second kappa shape index (κ2) is 4.78. The maximum Gasteiger partial charge on any atom is 0.231 e. The highest BCUT2D eigenvalue weighted by molar-refractivity contribution is 5.91. The Bertz CT molecular complexity index is 614. The molecule has 20 heavy (non-hydrogen) atoms. The molecule has 1 heterocycles. The van der Waals surface area contributed by atoms with E-state index >= 15 is 0 Å². The molecule has 0 bridgehead atoms. The van der Waals surface area contributed by atoms with E-state index in [0.717, 1.165) is 24.0 Å². The van der Waals surface area contributed by atoms with Crippen LogP contribution in [0.5, 0.6) is 0 Å². The van der Waals surface area contributed by atoms with Gasteiger partial charge in [0.25, 0.3) is 0 Å². The summed E-state index contributed by atoms with van der Waals surface area (Å²) in [6.45, 7) is 2.00. The maximum atomic E-state index is 12.6. The first-order chi connectivity index (χ1) is 9.62. The Morgan fingerprint density at radius 3 is 2.60 bits per heavy atom. The number of nitrogens with one attached hydrogen (secondary N) is 1. The lowest BCUT2D eigenvalue weighted by atomic mass is 9.94. The van der Waals surface area contributed by atoms with Crippen LogP contribution in [0.25, 0.3) is 0 Å². The first-order valence-corrected chi connectivity index (χ1v) is 6.97. The molecule has 3 rings (SSSR count). The van der Waals surface area contributed by atoms with Crippen LogP contribution in [-0.4, -0.2) is 15.7 Å². The first-order valence-electron chi connectivity index (χ1n) is 6.97. The number of hydrogen-bond acceptors (Lipinski definition) is 2. The van der Waals surface area contributed by atoms with Gasteiger partial charge in [-0.25, -0.2) is 0 Å². The third kappa shape index (κ3) is 2.22. The fourth-order valence-corrected chi connectivity index (χ4v) is 2.61. The molecule has 4 heteroatoms. The van der Waals surface area contributed by atoms with Crippen molar-refractivity contribution >= 4 is 5.91 Å². The fourth-order valence-electron chi connectivity index (χ4n) is 2.61. The molecule has 1 unspecified atom stereocenters. The zero-order valence-corrected chi connectivity index (χ0v) is 11.8. The summed E-state index contributed by atoms with van der Waals surface area (Å²) in [5.41, 5.74) is 1.85. The van der Waals surface area contributed by atoms with Crippen LogP contribution in [0.2, 0.25) is 0 Å². The Morgan fingerprint density at radius 2 is 2.05 bits per heavy atom. The molecule has 104 valence electrons. The van der Waals surface area contributed by atoms with Crippen molar-refractivity contribution in [1.29, 1.82) is 0 Å². The second-order valence-corrected chi connectivity index (χ2v) is 5.59. The summed E-state index contributed by atoms with van der Waals surface area (Å²) in [5, 5.41) is 7.26. The van der Waals surface area contributed by atoms with Crippen molar-refractivity contribution in [3.05, 3.63) is 53.9 Å². The average molecular weight is 269 g/mol. The van der Waals surface area contributed by atoms with E-state index in [1.807, 2.05) is 50.5 Å². The minimum atomic E-state index is -0.308. The van der Waals surface area contributed by atoms with Crippen LogP contribution in [0.3, 0.4) is 0 Å². The Kier molecular flexibility index (Phi) is 3.08. The van der Waals surface area contributed by atoms with Crippen molar-refractivity contribution in [3.63, 3.8) is 0 Å². The summed E-state index contributed by atoms with van der Waals surface area (Å²) in [7, 11) is 1.88. The van der Waals surface area contributed by atoms with Crippen LogP contribution in [-0.2, 0) is 17.3 Å². The van der Waals surface area contributed by atoms with E-state index in [2.05, 4.69) is 10.4 Å². The lowest BCUT2D eigenvalue weighted by Crippen LogP contribution is -2.36. The number of amides is 1. The molecule has 0 saturated heterocycles. The predicted molar refractivity (Wildman–Crippen MR) is 77.1 cm³/mol. The largest absolute Gasteiger partial charge is 0.349 e. The zero-order valence-electron chi connectivity index (χ0n) is 11.8. The molecule has 4 nitrogen and oxygen atoms in total. The van der Waals surface area contributed by atoms with Crippen molar-refractivity contribution in [2.24, 2.45) is 7.05 Å². The van der Waals surface area contributed by atoms with Crippen LogP contribution < -0.4 is 5.32 Å². The van der Waals surface area contributed by atoms with Gasteiger partial charge in [0.15, 0.2) is 0 Å². The van der Waals surface area contributed by atoms with Crippen molar-refractivity contribution in [1.82, 2.24) is 15.1 Å². The summed E-state index contributed by atoms with van der Waals surface area (Å²) in [6.07, 6.45) is 5.60. The van der Waals surface area contributed by atoms with Gasteiger partial charge in [-0.15, -0.1) is 0 Å². The molecule has 1 aliphatic carbocycles. The molecule has 1 aromatic heterocycles. The molecular weight excluding hydrogens is 250 g/mol. The molecule has 1 aromatic carbocycles. The number of benzene rings is 1. The monoisotopic (exact) mass is 269 g/mol. The van der Waals surface area contributed by atoms with Gasteiger partial charge < -0.3 is 5.32 Å². The fraction of sp³-hybridized carbons (Fsp3) is 0.375. The number of aromatic nitrogens is 2. The third-order valence-corrected chi connectivity index (χ3v) is 4.08. The first kappa shape index (κ1) is 12.9. The van der Waals surface area contributed by atoms with Gasteiger partial charge in [0, 0.05) is 18.8 Å². The summed E-state index contributed by atoms with van der Waals surface area (Å²) < 4.78 is 1.75. The van der Waals surface area contributed by atoms with Crippen LogP contribution >= 0.6 is 0 Å². The van der Waals surface area contributed by atoms with Gasteiger partial charge in [-0.05, 0) is 25.3 Å². The highest BCUT2D eigenvalue weighted by Gasteiger charge is 2.51. The minimum Gasteiger partial charge on any atom is -0.349 e. The zero-order chi connectivity index (χ0) is 14.2. The third-order valence-electron chi connectivity index (χ3n) is 4.08. The van der Waals surface area contributed by atoms with E-state index in [9.17, 15) is 4.79 Å². The number of carbonyl (C=O) groups is 1. The lowest BCUT2D eigenvalue weighted by Gasteiger charge is -2.19. The summed E-state index contributed by atoms with van der Waals surface area (Å²) in [4.78, 5) is 12.6. The van der Waals surface area contributed by atoms with Gasteiger partial charge in [-0.2, -0.15) is 5.10 Å². The standard InChI is InChI=1S/C16H19N3O/c1-12(13-10-17-19(2)11-13)18-15(20)16(8-9-16)14-6-4-3-5-7-14/h3-7,10-12H,8-9H2,1-2H3,(H,18,20). The quantitative estimate of drug-likeness (QED) is 0.926. The highest BCUT2D eigenvalue weighted by Crippen LogP contribution is 2.48. The van der Waals surface area contributed by atoms with Crippen molar-refractivity contribution in [3.8, 4) is 0 Å². The summed E-state index contributed by atoms with van der Waals surface area (Å²) >= 11 is 0. The van der Waals surface area contributed by atoms with Crippen molar-refractivity contribution in [2.45, 2.75) is 31.2 Å². The Labute approximate surface area is 118 Å². The summed E-state index contributed by atoms with van der Waals surface area (Å²) in [5.74, 6) is 0.125. The Balaban J connectivity index is 1.74. The summed E-state index contributed by atoms with van der Waals surface area (Å²) in [6, 6.07) is 10.0. The molecule has 1 aliphatic rings. The molecular formula is C16H19N3O. The second-order valence-electron chi connectivity index (χ2n) is 5.59. The molecule has 1 saturated carbocycles. The molecule has 0 aliphatic heterocycles. The van der Waals surface area contributed by atoms with Gasteiger partial charge in [-0.1, -0.05) is 30.3 Å². The van der Waals surface area contributed by atoms with Crippen LogP contribution in [0.4, 0.5) is 0 Å². The molecule has 1 N–H and O–H groups in total. The van der Waals surface area contributed by atoms with Crippen molar-refractivity contribution < 1.29 is 4.79 Å². The average Bonchev–Trinajstić information content (AvgIpc) is 3.16. The Morgan fingerprint density at radius 1 is 1.35 bits per heavy atom. The SMILES string of the molecule is CC(NC(=O)C1(c2ccccc2)CC1)c1cnn(C)c1. The van der Waals surface area contributed by atoms with Gasteiger partial charge in [0.2, 0.25) is 5.91 Å². The molecule has 2 aromatic rings.